The SMILES string of the molecule is CCOC(=O)c1cccc(CCl)c1C(=O)CCBr. The van der Waals surface area contributed by atoms with Crippen molar-refractivity contribution >= 4 is 39.3 Å². The van der Waals surface area contributed by atoms with Gasteiger partial charge in [-0.2, -0.15) is 0 Å². The highest BCUT2D eigenvalue weighted by atomic mass is 79.9. The highest BCUT2D eigenvalue weighted by Gasteiger charge is 2.20. The Bertz CT molecular complexity index is 446. The molecule has 0 spiro atoms. The van der Waals surface area contributed by atoms with E-state index < -0.39 is 5.97 Å². The van der Waals surface area contributed by atoms with Gasteiger partial charge >= 0.3 is 5.97 Å². The number of rotatable bonds is 6. The lowest BCUT2D eigenvalue weighted by Crippen LogP contribution is -2.14. The first-order valence-electron chi connectivity index (χ1n) is 5.59. The Morgan fingerprint density at radius 1 is 1.39 bits per heavy atom. The Kier molecular flexibility index (Phi) is 6.36. The van der Waals surface area contributed by atoms with Crippen molar-refractivity contribution in [2.24, 2.45) is 0 Å². The van der Waals surface area contributed by atoms with Crippen LogP contribution in [0, 0.1) is 0 Å². The molecule has 0 heterocycles. The molecule has 0 N–H and O–H groups in total. The van der Waals surface area contributed by atoms with Crippen LogP contribution in [0.5, 0.6) is 0 Å². The molecule has 0 saturated heterocycles. The van der Waals surface area contributed by atoms with E-state index in [4.69, 9.17) is 16.3 Å². The molecule has 0 aliphatic heterocycles. The second kappa shape index (κ2) is 7.54. The third-order valence-corrected chi connectivity index (χ3v) is 3.07. The van der Waals surface area contributed by atoms with Gasteiger partial charge in [0, 0.05) is 23.2 Å². The zero-order valence-corrected chi connectivity index (χ0v) is 12.4. The molecule has 0 bridgehead atoms. The summed E-state index contributed by atoms with van der Waals surface area (Å²) >= 11 is 9.03. The lowest BCUT2D eigenvalue weighted by molar-refractivity contribution is 0.0523. The molecule has 98 valence electrons. The van der Waals surface area contributed by atoms with Crippen LogP contribution in [0.3, 0.4) is 0 Å². The van der Waals surface area contributed by atoms with Gasteiger partial charge in [0.15, 0.2) is 5.78 Å². The van der Waals surface area contributed by atoms with Gasteiger partial charge in [-0.1, -0.05) is 28.1 Å². The zero-order valence-electron chi connectivity index (χ0n) is 10.0. The van der Waals surface area contributed by atoms with E-state index in [1.807, 2.05) is 0 Å². The second-order valence-electron chi connectivity index (χ2n) is 3.56. The van der Waals surface area contributed by atoms with Crippen LogP contribution in [-0.2, 0) is 10.6 Å². The standard InChI is InChI=1S/C13H14BrClO3/c1-2-18-13(17)10-5-3-4-9(8-15)12(10)11(16)6-7-14/h3-5H,2,6-8H2,1H3. The second-order valence-corrected chi connectivity index (χ2v) is 4.62. The third kappa shape index (κ3) is 3.56. The van der Waals surface area contributed by atoms with Crippen LogP contribution in [0.25, 0.3) is 0 Å². The molecule has 5 heteroatoms. The van der Waals surface area contributed by atoms with Crippen LogP contribution in [0.15, 0.2) is 18.2 Å². The minimum absolute atomic E-state index is 0.105. The minimum atomic E-state index is -0.484. The fourth-order valence-corrected chi connectivity index (χ4v) is 2.21. The molecule has 1 aromatic carbocycles. The molecule has 1 rings (SSSR count). The number of ketones is 1. The van der Waals surface area contributed by atoms with Crippen molar-refractivity contribution in [1.82, 2.24) is 0 Å². The highest BCUT2D eigenvalue weighted by molar-refractivity contribution is 9.09. The Morgan fingerprint density at radius 3 is 2.67 bits per heavy atom. The van der Waals surface area contributed by atoms with Crippen molar-refractivity contribution in [3.8, 4) is 0 Å². The topological polar surface area (TPSA) is 43.4 Å². The summed E-state index contributed by atoms with van der Waals surface area (Å²) in [5.74, 6) is -0.398. The summed E-state index contributed by atoms with van der Waals surface area (Å²) in [6, 6.07) is 5.04. The summed E-state index contributed by atoms with van der Waals surface area (Å²) in [5.41, 5.74) is 1.33. The van der Waals surface area contributed by atoms with Crippen LogP contribution in [0.2, 0.25) is 0 Å². The van der Waals surface area contributed by atoms with E-state index in [1.165, 1.54) is 0 Å². The molecule has 0 radical (unpaired) electrons. The van der Waals surface area contributed by atoms with Crippen molar-refractivity contribution in [3.63, 3.8) is 0 Å². The van der Waals surface area contributed by atoms with Crippen LogP contribution in [0.1, 0.15) is 39.6 Å². The number of benzene rings is 1. The van der Waals surface area contributed by atoms with Gasteiger partial charge in [0.2, 0.25) is 0 Å². The Balaban J connectivity index is 3.24. The number of carbonyl (C=O) groups excluding carboxylic acids is 2. The number of esters is 1. The first kappa shape index (κ1) is 15.2. The van der Waals surface area contributed by atoms with E-state index >= 15 is 0 Å². The number of ether oxygens (including phenoxy) is 1. The van der Waals surface area contributed by atoms with Gasteiger partial charge in [0.1, 0.15) is 0 Å². The highest BCUT2D eigenvalue weighted by Crippen LogP contribution is 2.20. The molecule has 0 fully saturated rings. The van der Waals surface area contributed by atoms with E-state index in [-0.39, 0.29) is 18.3 Å². The summed E-state index contributed by atoms with van der Waals surface area (Å²) in [6.45, 7) is 2.00. The Labute approximate surface area is 120 Å². The maximum absolute atomic E-state index is 12.1. The predicted octanol–water partition coefficient (Wildman–Crippen LogP) is 3.57. The van der Waals surface area contributed by atoms with Crippen molar-refractivity contribution in [2.45, 2.75) is 19.2 Å². The quantitative estimate of drug-likeness (QED) is 0.454. The summed E-state index contributed by atoms with van der Waals surface area (Å²) in [6.07, 6.45) is 0.320. The summed E-state index contributed by atoms with van der Waals surface area (Å²) in [5, 5.41) is 0.546. The van der Waals surface area contributed by atoms with Crippen molar-refractivity contribution in [1.29, 1.82) is 0 Å². The van der Waals surface area contributed by atoms with E-state index in [1.54, 1.807) is 25.1 Å². The van der Waals surface area contributed by atoms with E-state index in [2.05, 4.69) is 15.9 Å². The van der Waals surface area contributed by atoms with E-state index in [9.17, 15) is 9.59 Å². The van der Waals surface area contributed by atoms with Gasteiger partial charge < -0.3 is 4.74 Å². The molecule has 18 heavy (non-hydrogen) atoms. The summed E-state index contributed by atoms with van der Waals surface area (Å²) in [7, 11) is 0. The zero-order chi connectivity index (χ0) is 13.5. The van der Waals surface area contributed by atoms with Crippen LogP contribution < -0.4 is 0 Å². The summed E-state index contributed by atoms with van der Waals surface area (Å²) in [4.78, 5) is 23.9. The molecular weight excluding hydrogens is 319 g/mol. The van der Waals surface area contributed by atoms with Crippen molar-refractivity contribution in [3.05, 3.63) is 34.9 Å². The molecule has 0 aromatic heterocycles. The van der Waals surface area contributed by atoms with Gasteiger partial charge in [0.05, 0.1) is 12.2 Å². The minimum Gasteiger partial charge on any atom is -0.462 e. The fraction of sp³-hybridized carbons (Fsp3) is 0.385. The lowest BCUT2D eigenvalue weighted by Gasteiger charge is -2.11. The number of Topliss-reactive ketones (excluding diaryl/α,β-unsaturated/α-hetero) is 1. The van der Waals surface area contributed by atoms with Crippen molar-refractivity contribution < 1.29 is 14.3 Å². The van der Waals surface area contributed by atoms with Gasteiger partial charge in [0.25, 0.3) is 0 Å². The molecule has 0 unspecified atom stereocenters. The monoisotopic (exact) mass is 332 g/mol. The predicted molar refractivity (Wildman–Crippen MR) is 74.7 cm³/mol. The largest absolute Gasteiger partial charge is 0.462 e. The number of hydrogen-bond donors (Lipinski definition) is 0. The maximum Gasteiger partial charge on any atom is 0.338 e. The number of carbonyl (C=O) groups is 2. The smallest absolute Gasteiger partial charge is 0.338 e. The molecule has 0 amide bonds. The molecule has 0 aliphatic carbocycles. The average molecular weight is 334 g/mol. The molecule has 0 saturated carbocycles. The molecule has 0 atom stereocenters. The fourth-order valence-electron chi connectivity index (χ4n) is 1.63. The van der Waals surface area contributed by atoms with Gasteiger partial charge in [-0.25, -0.2) is 4.79 Å². The first-order chi connectivity index (χ1) is 8.65. The first-order valence-corrected chi connectivity index (χ1v) is 7.25. The van der Waals surface area contributed by atoms with E-state index in [0.717, 1.165) is 0 Å². The van der Waals surface area contributed by atoms with Crippen LogP contribution in [0.4, 0.5) is 0 Å². The van der Waals surface area contributed by atoms with Gasteiger partial charge in [-0.3, -0.25) is 4.79 Å². The van der Waals surface area contributed by atoms with Crippen LogP contribution in [-0.4, -0.2) is 23.7 Å². The third-order valence-electron chi connectivity index (χ3n) is 2.39. The normalized spacial score (nSPS) is 10.2. The molecule has 0 aliphatic rings. The van der Waals surface area contributed by atoms with Crippen LogP contribution >= 0.6 is 27.5 Å². The molecule has 3 nitrogen and oxygen atoms in total. The van der Waals surface area contributed by atoms with Gasteiger partial charge in [-0.15, -0.1) is 11.6 Å². The van der Waals surface area contributed by atoms with E-state index in [0.29, 0.717) is 28.4 Å². The maximum atomic E-state index is 12.1. The number of hydrogen-bond acceptors (Lipinski definition) is 3. The van der Waals surface area contributed by atoms with Crippen molar-refractivity contribution in [2.75, 3.05) is 11.9 Å². The number of alkyl halides is 2. The number of halogens is 2. The lowest BCUT2D eigenvalue weighted by atomic mass is 9.97. The average Bonchev–Trinajstić information content (AvgIpc) is 2.38. The summed E-state index contributed by atoms with van der Waals surface area (Å²) < 4.78 is 4.95. The van der Waals surface area contributed by atoms with Gasteiger partial charge in [-0.05, 0) is 18.6 Å². The molecule has 1 aromatic rings. The Hall–Kier alpha value is -0.870. The Morgan fingerprint density at radius 2 is 2.11 bits per heavy atom. The molecular formula is C13H14BrClO3.